The molecule has 0 amide bonds. The number of allylic oxidation sites excluding steroid dienone is 3. The largest absolute Gasteiger partial charge is 0.463 e. The second kappa shape index (κ2) is 9.95. The van der Waals surface area contributed by atoms with Gasteiger partial charge in [0.1, 0.15) is 18.3 Å². The molecule has 3 heterocycles. The first-order chi connectivity index (χ1) is 17.6. The first kappa shape index (κ1) is 26.6. The number of ether oxygens (including phenoxy) is 5. The van der Waals surface area contributed by atoms with Crippen LogP contribution in [-0.2, 0) is 33.3 Å². The number of cyclic esters (lactones) is 1. The van der Waals surface area contributed by atoms with Gasteiger partial charge in [-0.25, -0.2) is 9.59 Å². The fourth-order valence-electron chi connectivity index (χ4n) is 7.07. The molecule has 2 spiro atoms. The normalized spacial score (nSPS) is 48.4. The summed E-state index contributed by atoms with van der Waals surface area (Å²) in [6.45, 7) is 8.89. The van der Waals surface area contributed by atoms with Gasteiger partial charge in [0.05, 0.1) is 30.3 Å². The van der Waals surface area contributed by atoms with Crippen LogP contribution < -0.4 is 0 Å². The fraction of sp³-hybridized carbons (Fsp3) is 0.724. The van der Waals surface area contributed by atoms with Crippen LogP contribution in [-0.4, -0.2) is 73.0 Å². The molecule has 9 atom stereocenters. The van der Waals surface area contributed by atoms with Gasteiger partial charge in [0.15, 0.2) is 6.10 Å². The fourth-order valence-corrected chi connectivity index (χ4v) is 7.07. The Morgan fingerprint density at radius 3 is 2.57 bits per heavy atom. The minimum absolute atomic E-state index is 0.0541. The van der Waals surface area contributed by atoms with Crippen LogP contribution in [0.2, 0.25) is 0 Å². The predicted octanol–water partition coefficient (Wildman–Crippen LogP) is 3.42. The number of carbonyl (C=O) groups excluding carboxylic acids is 2. The van der Waals surface area contributed by atoms with Crippen LogP contribution in [0.1, 0.15) is 59.8 Å². The van der Waals surface area contributed by atoms with Crippen molar-refractivity contribution in [1.82, 2.24) is 0 Å². The second-order valence-corrected chi connectivity index (χ2v) is 11.7. The topological polar surface area (TPSA) is 104 Å². The highest BCUT2D eigenvalue weighted by Gasteiger charge is 2.80. The summed E-state index contributed by atoms with van der Waals surface area (Å²) in [7, 11) is 0. The van der Waals surface area contributed by atoms with Gasteiger partial charge in [0, 0.05) is 18.1 Å². The Balaban J connectivity index is 1.54. The van der Waals surface area contributed by atoms with E-state index in [4.69, 9.17) is 23.7 Å². The number of aliphatic hydroxyl groups excluding tert-OH is 1. The molecule has 0 aromatic rings. The molecule has 5 aliphatic rings. The first-order valence-corrected chi connectivity index (χ1v) is 13.6. The molecule has 3 aliphatic heterocycles. The zero-order valence-corrected chi connectivity index (χ0v) is 22.3. The van der Waals surface area contributed by atoms with Gasteiger partial charge in [-0.1, -0.05) is 43.7 Å². The molecular formula is C29H40O8. The molecule has 0 aromatic heterocycles. The Labute approximate surface area is 219 Å². The maximum absolute atomic E-state index is 13.1. The Hall–Kier alpha value is -2.00. The molecule has 8 heteroatoms. The summed E-state index contributed by atoms with van der Waals surface area (Å²) in [5.74, 6) is -1.39. The molecule has 2 aliphatic carbocycles. The summed E-state index contributed by atoms with van der Waals surface area (Å²) in [6.07, 6.45) is 9.94. The highest BCUT2D eigenvalue weighted by atomic mass is 16.6. The third kappa shape index (κ3) is 4.40. The molecule has 0 aromatic carbocycles. The molecule has 3 fully saturated rings. The van der Waals surface area contributed by atoms with E-state index >= 15 is 0 Å². The van der Waals surface area contributed by atoms with Crippen molar-refractivity contribution < 1.29 is 38.4 Å². The SMILES string of the molecule is CC1=CC2OC3CCC4OC(=O)/C=C\C=C\C(C)OCCC(C)C(O)C(=O)OCC2(CC1)[C@]4(C)C31CO1. The number of rotatable bonds is 0. The number of epoxide rings is 1. The third-order valence-corrected chi connectivity index (χ3v) is 9.67. The van der Waals surface area contributed by atoms with Crippen molar-refractivity contribution in [3.05, 3.63) is 36.0 Å². The van der Waals surface area contributed by atoms with E-state index in [0.29, 0.717) is 32.5 Å². The lowest BCUT2D eigenvalue weighted by Crippen LogP contribution is -2.74. The summed E-state index contributed by atoms with van der Waals surface area (Å²) < 4.78 is 30.7. The highest BCUT2D eigenvalue weighted by molar-refractivity contribution is 5.82. The number of hydrogen-bond acceptors (Lipinski definition) is 8. The van der Waals surface area contributed by atoms with E-state index in [1.165, 1.54) is 11.6 Å². The summed E-state index contributed by atoms with van der Waals surface area (Å²) >= 11 is 0. The van der Waals surface area contributed by atoms with Gasteiger partial charge in [-0.2, -0.15) is 0 Å². The maximum Gasteiger partial charge on any atom is 0.335 e. The number of esters is 2. The van der Waals surface area contributed by atoms with Gasteiger partial charge in [-0.05, 0) is 51.9 Å². The lowest BCUT2D eigenvalue weighted by atomic mass is 9.45. The number of aliphatic hydroxyl groups is 1. The Bertz CT molecular complexity index is 996. The zero-order chi connectivity index (χ0) is 26.4. The minimum atomic E-state index is -1.26. The summed E-state index contributed by atoms with van der Waals surface area (Å²) in [5.41, 5.74) is -0.687. The van der Waals surface area contributed by atoms with Crippen LogP contribution in [0.5, 0.6) is 0 Å². The van der Waals surface area contributed by atoms with E-state index in [-0.39, 0.29) is 30.8 Å². The van der Waals surface area contributed by atoms with Gasteiger partial charge in [-0.3, -0.25) is 0 Å². The molecule has 5 rings (SSSR count). The van der Waals surface area contributed by atoms with E-state index in [9.17, 15) is 14.7 Å². The molecule has 2 bridgehead atoms. The van der Waals surface area contributed by atoms with Crippen molar-refractivity contribution in [3.8, 4) is 0 Å². The average Bonchev–Trinajstić information content (AvgIpc) is 3.66. The zero-order valence-electron chi connectivity index (χ0n) is 22.3. The van der Waals surface area contributed by atoms with Crippen molar-refractivity contribution in [1.29, 1.82) is 0 Å². The summed E-state index contributed by atoms with van der Waals surface area (Å²) in [6, 6.07) is 0. The standard InChI is InChI=1S/C29H40O8/c1-18-11-13-28-16-34-26(32)25(31)19(2)12-14-33-20(3)7-5-6-8-24(30)37-21-9-10-22(36-23(28)15-18)29(17-35-29)27(21,28)4/h5-8,15,19-23,25,31H,9-14,16-17H2,1-4H3/b7-5+,8-6-/t19?,20?,21?,22?,23?,25?,27-,28?,29?/m1/s1. The average molecular weight is 517 g/mol. The first-order valence-electron chi connectivity index (χ1n) is 13.6. The van der Waals surface area contributed by atoms with E-state index in [2.05, 4.69) is 19.9 Å². The predicted molar refractivity (Wildman–Crippen MR) is 134 cm³/mol. The molecule has 204 valence electrons. The highest BCUT2D eigenvalue weighted by Crippen LogP contribution is 2.70. The third-order valence-electron chi connectivity index (χ3n) is 9.67. The van der Waals surface area contributed by atoms with Crippen LogP contribution in [0.25, 0.3) is 0 Å². The molecule has 37 heavy (non-hydrogen) atoms. The summed E-state index contributed by atoms with van der Waals surface area (Å²) in [5, 5.41) is 10.8. The van der Waals surface area contributed by atoms with Gasteiger partial charge < -0.3 is 28.8 Å². The quantitative estimate of drug-likeness (QED) is 0.297. The number of carbonyl (C=O) groups is 2. The summed E-state index contributed by atoms with van der Waals surface area (Å²) in [4.78, 5) is 26.0. The lowest BCUT2D eigenvalue weighted by molar-refractivity contribution is -0.294. The van der Waals surface area contributed by atoms with Crippen molar-refractivity contribution >= 4 is 11.9 Å². The second-order valence-electron chi connectivity index (χ2n) is 11.7. The van der Waals surface area contributed by atoms with E-state index in [1.54, 1.807) is 12.2 Å². The van der Waals surface area contributed by atoms with Gasteiger partial charge in [0.25, 0.3) is 0 Å². The molecule has 2 saturated heterocycles. The minimum Gasteiger partial charge on any atom is -0.463 e. The van der Waals surface area contributed by atoms with Gasteiger partial charge in [-0.15, -0.1) is 0 Å². The molecule has 8 nitrogen and oxygen atoms in total. The van der Waals surface area contributed by atoms with Gasteiger partial charge >= 0.3 is 11.9 Å². The van der Waals surface area contributed by atoms with Crippen LogP contribution >= 0.6 is 0 Å². The van der Waals surface area contributed by atoms with Crippen LogP contribution in [0.3, 0.4) is 0 Å². The van der Waals surface area contributed by atoms with Crippen molar-refractivity contribution in [2.24, 2.45) is 16.7 Å². The smallest absolute Gasteiger partial charge is 0.335 e. The Morgan fingerprint density at radius 2 is 1.81 bits per heavy atom. The molecule has 0 radical (unpaired) electrons. The molecule has 1 saturated carbocycles. The van der Waals surface area contributed by atoms with E-state index in [0.717, 1.165) is 12.8 Å². The molecular weight excluding hydrogens is 476 g/mol. The lowest BCUT2D eigenvalue weighted by Gasteiger charge is -2.65. The van der Waals surface area contributed by atoms with Crippen molar-refractivity contribution in [3.63, 3.8) is 0 Å². The van der Waals surface area contributed by atoms with Gasteiger partial charge in [0.2, 0.25) is 0 Å². The van der Waals surface area contributed by atoms with Crippen molar-refractivity contribution in [2.75, 3.05) is 19.8 Å². The Kier molecular flexibility index (Phi) is 7.15. The van der Waals surface area contributed by atoms with Crippen LogP contribution in [0, 0.1) is 16.7 Å². The van der Waals surface area contributed by atoms with E-state index in [1.807, 2.05) is 19.9 Å². The molecule has 8 unspecified atom stereocenters. The van der Waals surface area contributed by atoms with Crippen molar-refractivity contribution in [2.45, 2.75) is 95.9 Å². The van der Waals surface area contributed by atoms with Crippen LogP contribution in [0.4, 0.5) is 0 Å². The van der Waals surface area contributed by atoms with E-state index < -0.39 is 40.6 Å². The monoisotopic (exact) mass is 516 g/mol. The molecule has 1 N–H and O–H groups in total. The Morgan fingerprint density at radius 1 is 1.05 bits per heavy atom. The number of hydrogen-bond donors (Lipinski definition) is 1. The maximum atomic E-state index is 13.1. The van der Waals surface area contributed by atoms with Crippen LogP contribution in [0.15, 0.2) is 36.0 Å².